The van der Waals surface area contributed by atoms with Gasteiger partial charge in [-0.3, -0.25) is 41.6 Å². The number of aliphatic carboxylic acids is 3. The van der Waals surface area contributed by atoms with E-state index >= 15 is 0 Å². The van der Waals surface area contributed by atoms with Crippen molar-refractivity contribution in [3.05, 3.63) is 0 Å². The van der Waals surface area contributed by atoms with Crippen molar-refractivity contribution < 1.29 is 85.9 Å². The van der Waals surface area contributed by atoms with Crippen LogP contribution in [0.4, 0.5) is 0 Å². The van der Waals surface area contributed by atoms with E-state index < -0.39 is 96.5 Å². The van der Waals surface area contributed by atoms with Crippen LogP contribution < -0.4 is 0 Å². The van der Waals surface area contributed by atoms with Crippen molar-refractivity contribution in [1.82, 2.24) is 0 Å². The molecule has 1 saturated heterocycles. The molecule has 0 radical (unpaired) electrons. The molecule has 0 spiro atoms. The van der Waals surface area contributed by atoms with E-state index in [2.05, 4.69) is 0 Å². The second-order valence-corrected chi connectivity index (χ2v) is 13.4. The van der Waals surface area contributed by atoms with Crippen molar-refractivity contribution >= 4 is 40.7 Å². The van der Waals surface area contributed by atoms with E-state index in [0.717, 1.165) is 7.11 Å². The Morgan fingerprint density at radius 2 is 1.18 bits per heavy atom. The fourth-order valence-electron chi connectivity index (χ4n) is 3.20. The van der Waals surface area contributed by atoms with E-state index in [-0.39, 0.29) is 6.61 Å². The smallest absolute Gasteiger partial charge is 0.339 e. The highest BCUT2D eigenvalue weighted by Crippen LogP contribution is 2.53. The zero-order valence-corrected chi connectivity index (χ0v) is 22.9. The molecule has 1 aliphatic rings. The van der Waals surface area contributed by atoms with Crippen molar-refractivity contribution in [2.45, 2.75) is 50.5 Å². The number of unbranched alkanes of at least 4 members (excludes halogenated alkanes) is 1. The van der Waals surface area contributed by atoms with Crippen LogP contribution in [0.15, 0.2) is 0 Å². The molecule has 0 bridgehead atoms. The lowest BCUT2D eigenvalue weighted by atomic mass is 9.99. The van der Waals surface area contributed by atoms with Crippen molar-refractivity contribution in [3.63, 3.8) is 0 Å². The number of carbonyl (C=O) groups is 3. The molecule has 3 unspecified atom stereocenters. The first-order valence-electron chi connectivity index (χ1n) is 10.8. The number of rotatable bonds is 18. The zero-order chi connectivity index (χ0) is 29.3. The lowest BCUT2D eigenvalue weighted by Gasteiger charge is -2.45. The van der Waals surface area contributed by atoms with E-state index in [1.54, 1.807) is 0 Å². The third kappa shape index (κ3) is 12.3. The van der Waals surface area contributed by atoms with Gasteiger partial charge in [0.05, 0.1) is 6.61 Å². The van der Waals surface area contributed by atoms with Crippen LogP contribution in [0.3, 0.4) is 0 Å². The van der Waals surface area contributed by atoms with Gasteiger partial charge < -0.3 is 44.2 Å². The number of hydrogen-bond donors (Lipinski definition) is 6. The Morgan fingerprint density at radius 3 is 1.58 bits per heavy atom. The molecule has 18 nitrogen and oxygen atoms in total. The van der Waals surface area contributed by atoms with Crippen molar-refractivity contribution in [2.75, 3.05) is 38.8 Å². The summed E-state index contributed by atoms with van der Waals surface area (Å²) in [5.41, 5.74) is 0. The van der Waals surface area contributed by atoms with Gasteiger partial charge in [0.15, 0.2) is 6.29 Å². The fourth-order valence-corrected chi connectivity index (χ4v) is 6.31. The molecule has 0 aliphatic carbocycles. The van der Waals surface area contributed by atoms with Crippen LogP contribution in [0.2, 0.25) is 0 Å². The highest BCUT2D eigenvalue weighted by molar-refractivity contribution is 7.54. The molecule has 38 heavy (non-hydrogen) atoms. The van der Waals surface area contributed by atoms with Crippen LogP contribution >= 0.6 is 22.8 Å². The summed E-state index contributed by atoms with van der Waals surface area (Å²) in [7, 11) is -14.3. The summed E-state index contributed by atoms with van der Waals surface area (Å²) in [6.07, 6.45) is -12.9. The second-order valence-electron chi connectivity index (χ2n) is 7.99. The first-order valence-corrected chi connectivity index (χ1v) is 16.1. The number of hydrogen-bond acceptors (Lipinski definition) is 12. The third-order valence-corrected chi connectivity index (χ3v) is 8.34. The molecule has 6 N–H and O–H groups in total. The number of carboxylic acid groups (broad SMARTS) is 3. The minimum Gasteiger partial charge on any atom is -0.481 e. The summed E-state index contributed by atoms with van der Waals surface area (Å²) in [4.78, 5) is 63.4. The average molecular weight is 616 g/mol. The first-order chi connectivity index (χ1) is 17.4. The van der Waals surface area contributed by atoms with Gasteiger partial charge in [-0.25, -0.2) is 0 Å². The largest absolute Gasteiger partial charge is 0.481 e. The molecule has 222 valence electrons. The normalized spacial score (nSPS) is 28.5. The van der Waals surface area contributed by atoms with E-state index in [1.165, 1.54) is 0 Å². The predicted molar refractivity (Wildman–Crippen MR) is 123 cm³/mol. The van der Waals surface area contributed by atoms with Crippen molar-refractivity contribution in [2.24, 2.45) is 0 Å². The molecular formula is C17H31O18P3. The van der Waals surface area contributed by atoms with Crippen LogP contribution in [0, 0.1) is 0 Å². The van der Waals surface area contributed by atoms with E-state index in [4.69, 9.17) is 43.1 Å². The highest BCUT2D eigenvalue weighted by atomic mass is 31.2. The lowest BCUT2D eigenvalue weighted by molar-refractivity contribution is -0.284. The fraction of sp³-hybridized carbons (Fsp3) is 0.824. The standard InChI is InChI=1S/C17H31O18P3/c1-3-4-5-31-6-10-14(33-36(24,25)7-11(18)19)15(34-37(26,27)8-12(20)21)16(17(30-2)32-10)35-38(28,29)9-13(22)23/h10,14-17H,3-9H2,1-2H3,(H,18,19)(H,20,21)(H,22,23)(H,24,25)(H,26,27)(H,28,29)/t10-,14-,15-,16+,17+/m1/s1. The summed E-state index contributed by atoms with van der Waals surface area (Å²) in [5, 5.41) is 26.8. The van der Waals surface area contributed by atoms with Crippen LogP contribution in [0.25, 0.3) is 0 Å². The molecule has 0 amide bonds. The number of ether oxygens (including phenoxy) is 3. The quantitative estimate of drug-likeness (QED) is 0.0882. The lowest BCUT2D eigenvalue weighted by Crippen LogP contribution is -2.61. The topological polar surface area (TPSA) is 279 Å². The number of methoxy groups -OCH3 is 1. The summed E-state index contributed by atoms with van der Waals surface area (Å²) in [5.74, 6) is -5.37. The number of carboxylic acids is 3. The minimum atomic E-state index is -5.16. The summed E-state index contributed by atoms with van der Waals surface area (Å²) < 4.78 is 68.5. The van der Waals surface area contributed by atoms with Crippen molar-refractivity contribution in [3.8, 4) is 0 Å². The Bertz CT molecular complexity index is 970. The molecule has 0 saturated carbocycles. The Balaban J connectivity index is 3.60. The molecular weight excluding hydrogens is 585 g/mol. The van der Waals surface area contributed by atoms with Gasteiger partial charge in [-0.15, -0.1) is 0 Å². The minimum absolute atomic E-state index is 0.139. The predicted octanol–water partition coefficient (Wildman–Crippen LogP) is 0.140. The molecule has 0 aromatic rings. The van der Waals surface area contributed by atoms with Crippen LogP contribution in [-0.4, -0.2) is 117 Å². The van der Waals surface area contributed by atoms with E-state index in [1.807, 2.05) is 6.92 Å². The maximum Gasteiger partial charge on any atom is 0.339 e. The SMILES string of the molecule is CCCCOC[C@H]1O[C@H](OC)[C@@H](OP(=O)(O)CC(=O)O)[C@H](OP(=O)(O)CC(=O)O)[C@@H]1OP(=O)(O)CC(=O)O. The summed E-state index contributed by atoms with van der Waals surface area (Å²) in [6, 6.07) is 0. The Kier molecular flexibility index (Phi) is 13.7. The van der Waals surface area contributed by atoms with E-state index in [9.17, 15) is 42.8 Å². The monoisotopic (exact) mass is 616 g/mol. The third-order valence-electron chi connectivity index (χ3n) is 4.61. The maximum absolute atomic E-state index is 12.5. The Hall–Kier alpha value is -1.26. The molecule has 8 atom stereocenters. The van der Waals surface area contributed by atoms with Gasteiger partial charge in [-0.1, -0.05) is 13.3 Å². The van der Waals surface area contributed by atoms with Crippen molar-refractivity contribution in [1.29, 1.82) is 0 Å². The van der Waals surface area contributed by atoms with Crippen LogP contribution in [0.5, 0.6) is 0 Å². The Labute approximate surface area is 216 Å². The molecule has 0 aromatic carbocycles. The van der Waals surface area contributed by atoms with Crippen LogP contribution in [0.1, 0.15) is 19.8 Å². The molecule has 1 heterocycles. The van der Waals surface area contributed by atoms with Gasteiger partial charge in [0.2, 0.25) is 0 Å². The molecule has 1 fully saturated rings. The second kappa shape index (κ2) is 14.9. The molecule has 1 rings (SSSR count). The highest BCUT2D eigenvalue weighted by Gasteiger charge is 2.55. The van der Waals surface area contributed by atoms with Gasteiger partial charge in [0.1, 0.15) is 42.9 Å². The average Bonchev–Trinajstić information content (AvgIpc) is 2.71. The van der Waals surface area contributed by atoms with Gasteiger partial charge in [-0.2, -0.15) is 0 Å². The molecule has 1 aliphatic heterocycles. The first kappa shape index (κ1) is 34.8. The summed E-state index contributed by atoms with van der Waals surface area (Å²) >= 11 is 0. The maximum atomic E-state index is 12.5. The van der Waals surface area contributed by atoms with Gasteiger partial charge >= 0.3 is 40.7 Å². The zero-order valence-electron chi connectivity index (χ0n) is 20.3. The van der Waals surface area contributed by atoms with Crippen LogP contribution in [-0.2, 0) is 55.9 Å². The van der Waals surface area contributed by atoms with Gasteiger partial charge in [0.25, 0.3) is 0 Å². The summed E-state index contributed by atoms with van der Waals surface area (Å²) in [6.45, 7) is 1.52. The van der Waals surface area contributed by atoms with Gasteiger partial charge in [-0.05, 0) is 6.42 Å². The van der Waals surface area contributed by atoms with E-state index in [0.29, 0.717) is 12.8 Å². The molecule has 0 aromatic heterocycles. The van der Waals surface area contributed by atoms with Gasteiger partial charge in [0, 0.05) is 13.7 Å². The molecule has 21 heteroatoms. The Morgan fingerprint density at radius 1 is 0.763 bits per heavy atom.